The zero-order valence-electron chi connectivity index (χ0n) is 9.53. The van der Waals surface area contributed by atoms with E-state index in [1.54, 1.807) is 12.4 Å². The molecule has 0 aliphatic carbocycles. The maximum absolute atomic E-state index is 6.09. The van der Waals surface area contributed by atoms with Gasteiger partial charge in [-0.2, -0.15) is 0 Å². The van der Waals surface area contributed by atoms with Crippen LogP contribution < -0.4 is 0 Å². The van der Waals surface area contributed by atoms with Crippen LogP contribution >= 0.6 is 23.8 Å². The van der Waals surface area contributed by atoms with Gasteiger partial charge in [0.05, 0.1) is 17.0 Å². The molecular formula is C13H9ClN2OS. The van der Waals surface area contributed by atoms with E-state index in [4.69, 9.17) is 28.2 Å². The van der Waals surface area contributed by atoms with E-state index in [1.165, 1.54) is 0 Å². The number of nitrogens with zero attached hydrogens (tertiary/aromatic N) is 1. The molecule has 0 aliphatic heterocycles. The van der Waals surface area contributed by atoms with Crippen molar-refractivity contribution in [1.82, 2.24) is 9.97 Å². The van der Waals surface area contributed by atoms with E-state index in [-0.39, 0.29) is 0 Å². The van der Waals surface area contributed by atoms with E-state index < -0.39 is 0 Å². The zero-order valence-corrected chi connectivity index (χ0v) is 11.1. The number of furan rings is 1. The van der Waals surface area contributed by atoms with Crippen LogP contribution in [-0.4, -0.2) is 9.97 Å². The molecule has 0 saturated carbocycles. The summed E-state index contributed by atoms with van der Waals surface area (Å²) in [5.41, 5.74) is 2.41. The third-order valence-electron chi connectivity index (χ3n) is 2.83. The Morgan fingerprint density at radius 3 is 3.00 bits per heavy atom. The molecule has 0 atom stereocenters. The first-order valence-electron chi connectivity index (χ1n) is 5.39. The minimum absolute atomic E-state index is 0.565. The highest BCUT2D eigenvalue weighted by Gasteiger charge is 2.11. The van der Waals surface area contributed by atoms with Crippen molar-refractivity contribution in [2.75, 3.05) is 0 Å². The van der Waals surface area contributed by atoms with Crippen LogP contribution in [0.3, 0.4) is 0 Å². The highest BCUT2D eigenvalue weighted by Crippen LogP contribution is 2.32. The number of aromatic amines is 1. The van der Waals surface area contributed by atoms with Gasteiger partial charge >= 0.3 is 0 Å². The fraction of sp³-hybridized carbons (Fsp3) is 0.0769. The average Bonchev–Trinajstić information content (AvgIpc) is 2.78. The van der Waals surface area contributed by atoms with Gasteiger partial charge in [-0.25, -0.2) is 4.98 Å². The first-order chi connectivity index (χ1) is 8.66. The van der Waals surface area contributed by atoms with Crippen LogP contribution in [-0.2, 0) is 0 Å². The van der Waals surface area contributed by atoms with Gasteiger partial charge in [-0.1, -0.05) is 36.0 Å². The Morgan fingerprint density at radius 1 is 1.39 bits per heavy atom. The summed E-state index contributed by atoms with van der Waals surface area (Å²) in [5, 5.41) is 1.57. The molecule has 3 nitrogen and oxygen atoms in total. The van der Waals surface area contributed by atoms with Crippen molar-refractivity contribution in [1.29, 1.82) is 0 Å². The molecule has 0 unspecified atom stereocenters. The predicted octanol–water partition coefficient (Wildman–Crippen LogP) is 4.51. The standard InChI is InChI=1S/C13H9ClN2OS/c1-7-11(15-6-16-13(7)18)10-5-8-3-2-4-9(14)12(8)17-10/h2-6H,1H3,(H,15,16,18). The van der Waals surface area contributed by atoms with Gasteiger partial charge in [0.2, 0.25) is 0 Å². The molecule has 0 amide bonds. The number of rotatable bonds is 1. The second kappa shape index (κ2) is 4.23. The predicted molar refractivity (Wildman–Crippen MR) is 74.4 cm³/mol. The Kier molecular flexibility index (Phi) is 2.69. The summed E-state index contributed by atoms with van der Waals surface area (Å²) in [6, 6.07) is 7.60. The van der Waals surface area contributed by atoms with Gasteiger partial charge in [-0.3, -0.25) is 0 Å². The minimum atomic E-state index is 0.565. The van der Waals surface area contributed by atoms with Crippen LogP contribution in [0.5, 0.6) is 0 Å². The summed E-state index contributed by atoms with van der Waals surface area (Å²) in [6.45, 7) is 1.91. The van der Waals surface area contributed by atoms with E-state index in [1.807, 2.05) is 25.1 Å². The van der Waals surface area contributed by atoms with Crippen molar-refractivity contribution in [2.45, 2.75) is 6.92 Å². The lowest BCUT2D eigenvalue weighted by Crippen LogP contribution is -1.89. The molecule has 1 aromatic carbocycles. The minimum Gasteiger partial charge on any atom is -0.453 e. The number of hydrogen-bond donors (Lipinski definition) is 1. The van der Waals surface area contributed by atoms with E-state index in [0.29, 0.717) is 21.0 Å². The molecule has 0 fully saturated rings. The second-order valence-corrected chi connectivity index (χ2v) is 4.77. The summed E-state index contributed by atoms with van der Waals surface area (Å²) < 4.78 is 6.35. The van der Waals surface area contributed by atoms with Crippen LogP contribution in [0.25, 0.3) is 22.4 Å². The lowest BCUT2D eigenvalue weighted by molar-refractivity contribution is 0.627. The number of benzene rings is 1. The third-order valence-corrected chi connectivity index (χ3v) is 3.54. The Hall–Kier alpha value is -1.65. The van der Waals surface area contributed by atoms with E-state index in [2.05, 4.69) is 9.97 Å². The molecule has 2 heterocycles. The highest BCUT2D eigenvalue weighted by atomic mass is 35.5. The number of H-pyrrole nitrogens is 1. The number of aromatic nitrogens is 2. The van der Waals surface area contributed by atoms with Crippen LogP contribution in [0.15, 0.2) is 35.0 Å². The normalized spacial score (nSPS) is 11.0. The highest BCUT2D eigenvalue weighted by molar-refractivity contribution is 7.71. The van der Waals surface area contributed by atoms with Crippen molar-refractivity contribution in [3.63, 3.8) is 0 Å². The number of halogens is 1. The van der Waals surface area contributed by atoms with Crippen molar-refractivity contribution in [2.24, 2.45) is 0 Å². The van der Waals surface area contributed by atoms with Gasteiger partial charge < -0.3 is 9.40 Å². The van der Waals surface area contributed by atoms with Gasteiger partial charge in [-0.05, 0) is 19.1 Å². The molecule has 1 N–H and O–H groups in total. The van der Waals surface area contributed by atoms with Gasteiger partial charge in [0.15, 0.2) is 11.3 Å². The Bertz CT molecular complexity index is 791. The van der Waals surface area contributed by atoms with Crippen molar-refractivity contribution in [3.8, 4) is 11.5 Å². The van der Waals surface area contributed by atoms with Crippen LogP contribution in [0.2, 0.25) is 5.02 Å². The SMILES string of the molecule is Cc1c(-c2cc3cccc(Cl)c3o2)[nH]cnc1=S. The monoisotopic (exact) mass is 276 g/mol. The molecule has 90 valence electrons. The van der Waals surface area contributed by atoms with E-state index >= 15 is 0 Å². The van der Waals surface area contributed by atoms with Crippen LogP contribution in [0.1, 0.15) is 5.56 Å². The molecule has 2 aromatic heterocycles. The Morgan fingerprint density at radius 2 is 2.22 bits per heavy atom. The maximum atomic E-state index is 6.09. The maximum Gasteiger partial charge on any atom is 0.153 e. The number of nitrogens with one attached hydrogen (secondary N) is 1. The molecule has 0 aliphatic rings. The number of hydrogen-bond acceptors (Lipinski definition) is 3. The Balaban J connectivity index is 2.29. The molecule has 3 aromatic rings. The second-order valence-electron chi connectivity index (χ2n) is 3.98. The summed E-state index contributed by atoms with van der Waals surface area (Å²) >= 11 is 11.2. The molecule has 5 heteroatoms. The van der Waals surface area contributed by atoms with Crippen molar-refractivity contribution in [3.05, 3.63) is 45.8 Å². The first-order valence-corrected chi connectivity index (χ1v) is 6.18. The van der Waals surface area contributed by atoms with Gasteiger partial charge in [-0.15, -0.1) is 0 Å². The smallest absolute Gasteiger partial charge is 0.153 e. The van der Waals surface area contributed by atoms with Gasteiger partial charge in [0.25, 0.3) is 0 Å². The van der Waals surface area contributed by atoms with Crippen LogP contribution in [0.4, 0.5) is 0 Å². The van der Waals surface area contributed by atoms with Gasteiger partial charge in [0, 0.05) is 10.9 Å². The third kappa shape index (κ3) is 1.74. The zero-order chi connectivity index (χ0) is 12.7. The first kappa shape index (κ1) is 11.4. The summed E-state index contributed by atoms with van der Waals surface area (Å²) in [7, 11) is 0. The fourth-order valence-corrected chi connectivity index (χ4v) is 2.25. The average molecular weight is 277 g/mol. The lowest BCUT2D eigenvalue weighted by Gasteiger charge is -2.00. The van der Waals surface area contributed by atoms with E-state index in [9.17, 15) is 0 Å². The molecule has 0 radical (unpaired) electrons. The van der Waals surface area contributed by atoms with Crippen molar-refractivity contribution < 1.29 is 4.42 Å². The van der Waals surface area contributed by atoms with E-state index in [0.717, 1.165) is 16.6 Å². The number of para-hydroxylation sites is 1. The van der Waals surface area contributed by atoms with Crippen LogP contribution in [0, 0.1) is 11.6 Å². The lowest BCUT2D eigenvalue weighted by atomic mass is 10.2. The molecule has 3 rings (SSSR count). The molecule has 0 saturated heterocycles. The summed E-state index contributed by atoms with van der Waals surface area (Å²) in [6.07, 6.45) is 1.57. The fourth-order valence-electron chi connectivity index (χ4n) is 1.87. The molecule has 0 bridgehead atoms. The Labute approximate surface area is 113 Å². The molecular weight excluding hydrogens is 268 g/mol. The molecule has 18 heavy (non-hydrogen) atoms. The topological polar surface area (TPSA) is 41.8 Å². The van der Waals surface area contributed by atoms with Crippen molar-refractivity contribution >= 4 is 34.8 Å². The largest absolute Gasteiger partial charge is 0.453 e. The molecule has 0 spiro atoms. The van der Waals surface area contributed by atoms with Gasteiger partial charge in [0.1, 0.15) is 4.64 Å². The quantitative estimate of drug-likeness (QED) is 0.665. The number of fused-ring (bicyclic) bond motifs is 1. The summed E-state index contributed by atoms with van der Waals surface area (Å²) in [5.74, 6) is 0.712. The summed E-state index contributed by atoms with van der Waals surface area (Å²) in [4.78, 5) is 7.09.